The molecule has 0 bridgehead atoms. The van der Waals surface area contributed by atoms with Crippen LogP contribution in [0.5, 0.6) is 0 Å². The fraction of sp³-hybridized carbons (Fsp3) is 0.878. The molecule has 2 atom stereocenters. The first-order chi connectivity index (χ1) is 20.7. The molecule has 0 aliphatic rings. The fourth-order valence-electron chi connectivity index (χ4n) is 6.27. The second-order valence-electron chi connectivity index (χ2n) is 13.4. The summed E-state index contributed by atoms with van der Waals surface area (Å²) in [5.74, 6) is 1.05. The number of rotatable bonds is 34. The van der Waals surface area contributed by atoms with E-state index in [1.54, 1.807) is 0 Å². The lowest BCUT2D eigenvalue weighted by molar-refractivity contribution is -0.127. The zero-order valence-corrected chi connectivity index (χ0v) is 29.6. The Kier molecular flexibility index (Phi) is 33.9. The van der Waals surface area contributed by atoms with Crippen molar-refractivity contribution < 1.29 is 4.79 Å². The first-order valence-corrected chi connectivity index (χ1v) is 19.5. The van der Waals surface area contributed by atoms with Crippen LogP contribution in [0.15, 0.2) is 24.3 Å². The average molecular weight is 587 g/mol. The van der Waals surface area contributed by atoms with Gasteiger partial charge in [-0.2, -0.15) is 0 Å². The van der Waals surface area contributed by atoms with E-state index in [0.29, 0.717) is 5.78 Å². The van der Waals surface area contributed by atoms with Crippen LogP contribution in [0.2, 0.25) is 0 Å². The molecule has 1 heteroatoms. The summed E-state index contributed by atoms with van der Waals surface area (Å²) in [7, 11) is 0. The maximum Gasteiger partial charge on any atom is 0.139 e. The number of allylic oxidation sites excluding steroid dienone is 4. The normalized spacial score (nSPS) is 13.4. The van der Waals surface area contributed by atoms with E-state index in [-0.39, 0.29) is 11.8 Å². The fourth-order valence-corrected chi connectivity index (χ4v) is 6.27. The van der Waals surface area contributed by atoms with Crippen molar-refractivity contribution in [3.05, 3.63) is 24.3 Å². The number of carbonyl (C=O) groups is 1. The van der Waals surface area contributed by atoms with Crippen molar-refractivity contribution >= 4 is 5.78 Å². The molecule has 0 aliphatic carbocycles. The van der Waals surface area contributed by atoms with Crippen molar-refractivity contribution in [2.75, 3.05) is 0 Å². The molecule has 42 heavy (non-hydrogen) atoms. The molecule has 0 saturated carbocycles. The van der Waals surface area contributed by atoms with Gasteiger partial charge in [-0.1, -0.05) is 193 Å². The minimum atomic E-state index is 0.231. The van der Waals surface area contributed by atoms with Crippen LogP contribution >= 0.6 is 0 Å². The van der Waals surface area contributed by atoms with E-state index < -0.39 is 0 Å². The van der Waals surface area contributed by atoms with Crippen molar-refractivity contribution in [2.45, 2.75) is 220 Å². The van der Waals surface area contributed by atoms with Crippen molar-refractivity contribution in [3.8, 4) is 0 Å². The molecule has 0 aliphatic heterocycles. The number of carbonyl (C=O) groups excluding carboxylic acids is 1. The summed E-state index contributed by atoms with van der Waals surface area (Å²) in [5.41, 5.74) is 0. The van der Waals surface area contributed by atoms with Crippen LogP contribution in [0, 0.1) is 11.8 Å². The third-order valence-electron chi connectivity index (χ3n) is 9.24. The Morgan fingerprint density at radius 2 is 0.667 bits per heavy atom. The van der Waals surface area contributed by atoms with Gasteiger partial charge in [0.2, 0.25) is 0 Å². The van der Waals surface area contributed by atoms with E-state index >= 15 is 0 Å². The number of hydrogen-bond donors (Lipinski definition) is 0. The highest BCUT2D eigenvalue weighted by Gasteiger charge is 2.25. The Labute approximate surface area is 266 Å². The molecule has 0 aromatic heterocycles. The SMILES string of the molecule is CCCCCCCCC/C=C\CC(CCCCCCC)C(=O)C(C/C=C\CCCCCCCCC)CCCCCCC. The molecular weight excluding hydrogens is 508 g/mol. The predicted molar refractivity (Wildman–Crippen MR) is 191 cm³/mol. The van der Waals surface area contributed by atoms with Gasteiger partial charge in [-0.05, 0) is 51.4 Å². The molecule has 0 spiro atoms. The van der Waals surface area contributed by atoms with Gasteiger partial charge in [0.1, 0.15) is 5.78 Å². The van der Waals surface area contributed by atoms with Gasteiger partial charge in [0, 0.05) is 11.8 Å². The van der Waals surface area contributed by atoms with Crippen LogP contribution in [0.1, 0.15) is 220 Å². The predicted octanol–water partition coefficient (Wildman–Crippen LogP) is 14.7. The lowest BCUT2D eigenvalue weighted by Gasteiger charge is -2.21. The quantitative estimate of drug-likeness (QED) is 0.0541. The van der Waals surface area contributed by atoms with Crippen LogP contribution in [0.3, 0.4) is 0 Å². The molecule has 0 aromatic rings. The highest BCUT2D eigenvalue weighted by molar-refractivity contribution is 5.83. The molecule has 0 fully saturated rings. The van der Waals surface area contributed by atoms with Gasteiger partial charge in [0.05, 0.1) is 0 Å². The molecule has 0 saturated heterocycles. The summed E-state index contributed by atoms with van der Waals surface area (Å²) in [6, 6.07) is 0. The third kappa shape index (κ3) is 28.0. The first-order valence-electron chi connectivity index (χ1n) is 19.5. The largest absolute Gasteiger partial charge is 0.299 e. The Morgan fingerprint density at radius 1 is 0.381 bits per heavy atom. The molecule has 0 radical (unpaired) electrons. The van der Waals surface area contributed by atoms with E-state index in [4.69, 9.17) is 0 Å². The zero-order chi connectivity index (χ0) is 30.8. The maximum absolute atomic E-state index is 14.0. The summed E-state index contributed by atoms with van der Waals surface area (Å²) in [4.78, 5) is 14.0. The van der Waals surface area contributed by atoms with Crippen LogP contribution in [-0.2, 0) is 4.79 Å². The topological polar surface area (TPSA) is 17.1 Å². The summed E-state index contributed by atoms with van der Waals surface area (Å²) >= 11 is 0. The Bertz CT molecular complexity index is 538. The molecule has 0 amide bonds. The molecule has 248 valence electrons. The number of unbranched alkanes of at least 4 members (excludes halogenated alkanes) is 22. The van der Waals surface area contributed by atoms with Crippen LogP contribution < -0.4 is 0 Å². The van der Waals surface area contributed by atoms with Crippen molar-refractivity contribution in [2.24, 2.45) is 11.8 Å². The van der Waals surface area contributed by atoms with Crippen LogP contribution in [0.25, 0.3) is 0 Å². The van der Waals surface area contributed by atoms with E-state index in [1.807, 2.05) is 0 Å². The highest BCUT2D eigenvalue weighted by atomic mass is 16.1. The zero-order valence-electron chi connectivity index (χ0n) is 29.6. The summed E-state index contributed by atoms with van der Waals surface area (Å²) < 4.78 is 0. The first kappa shape index (κ1) is 41.1. The summed E-state index contributed by atoms with van der Waals surface area (Å²) in [6.45, 7) is 9.15. The lowest BCUT2D eigenvalue weighted by atomic mass is 9.82. The second kappa shape index (κ2) is 34.6. The molecule has 0 aromatic carbocycles. The van der Waals surface area contributed by atoms with Crippen LogP contribution in [-0.4, -0.2) is 5.78 Å². The van der Waals surface area contributed by atoms with Gasteiger partial charge in [-0.25, -0.2) is 0 Å². The molecule has 2 unspecified atom stereocenters. The van der Waals surface area contributed by atoms with Gasteiger partial charge in [-0.15, -0.1) is 0 Å². The van der Waals surface area contributed by atoms with Gasteiger partial charge >= 0.3 is 0 Å². The Morgan fingerprint density at radius 3 is 1.00 bits per heavy atom. The van der Waals surface area contributed by atoms with Crippen LogP contribution in [0.4, 0.5) is 0 Å². The maximum atomic E-state index is 14.0. The van der Waals surface area contributed by atoms with Crippen molar-refractivity contribution in [3.63, 3.8) is 0 Å². The van der Waals surface area contributed by atoms with E-state index in [0.717, 1.165) is 25.7 Å². The van der Waals surface area contributed by atoms with Gasteiger partial charge in [0.15, 0.2) is 0 Å². The summed E-state index contributed by atoms with van der Waals surface area (Å²) in [5, 5.41) is 0. The third-order valence-corrected chi connectivity index (χ3v) is 9.24. The summed E-state index contributed by atoms with van der Waals surface area (Å²) in [6.07, 6.45) is 48.1. The van der Waals surface area contributed by atoms with E-state index in [1.165, 1.54) is 167 Å². The standard InChI is InChI=1S/C41H78O/c1-5-9-13-17-19-21-23-25-29-33-37-39(35-31-27-15-11-7-3)41(42)40(36-32-28-16-12-8-4)38-34-30-26-24-22-20-18-14-10-6-2/h29-30,33-34,39-40H,5-28,31-32,35-38H2,1-4H3/b33-29-,34-30-. The lowest BCUT2D eigenvalue weighted by Crippen LogP contribution is -2.23. The average Bonchev–Trinajstić information content (AvgIpc) is 3.00. The molecule has 0 N–H and O–H groups in total. The van der Waals surface area contributed by atoms with Gasteiger partial charge in [0.25, 0.3) is 0 Å². The van der Waals surface area contributed by atoms with Crippen molar-refractivity contribution in [1.29, 1.82) is 0 Å². The minimum Gasteiger partial charge on any atom is -0.299 e. The Balaban J connectivity index is 4.90. The molecule has 0 rings (SSSR count). The van der Waals surface area contributed by atoms with Gasteiger partial charge < -0.3 is 0 Å². The van der Waals surface area contributed by atoms with Crippen molar-refractivity contribution in [1.82, 2.24) is 0 Å². The van der Waals surface area contributed by atoms with E-state index in [9.17, 15) is 4.79 Å². The molecular formula is C41H78O. The number of Topliss-reactive ketones (excluding diaryl/α,β-unsaturated/α-hetero) is 1. The highest BCUT2D eigenvalue weighted by Crippen LogP contribution is 2.26. The number of ketones is 1. The molecule has 1 nitrogen and oxygen atoms in total. The van der Waals surface area contributed by atoms with E-state index in [2.05, 4.69) is 52.0 Å². The monoisotopic (exact) mass is 587 g/mol. The smallest absolute Gasteiger partial charge is 0.139 e. The molecule has 0 heterocycles. The minimum absolute atomic E-state index is 0.231. The second-order valence-corrected chi connectivity index (χ2v) is 13.4. The Hall–Kier alpha value is -0.850. The number of hydrogen-bond acceptors (Lipinski definition) is 1. The van der Waals surface area contributed by atoms with Gasteiger partial charge in [-0.3, -0.25) is 4.79 Å².